The molecular weight excluding hydrogens is 182 g/mol. The molecule has 2 N–H and O–H groups in total. The summed E-state index contributed by atoms with van der Waals surface area (Å²) in [6.45, 7) is 2.88. The van der Waals surface area contributed by atoms with Crippen molar-refractivity contribution in [1.29, 1.82) is 0 Å². The van der Waals surface area contributed by atoms with Gasteiger partial charge in [-0.05, 0) is 31.8 Å². The van der Waals surface area contributed by atoms with Gasteiger partial charge in [-0.1, -0.05) is 6.08 Å². The number of aliphatic carboxylic acids is 1. The summed E-state index contributed by atoms with van der Waals surface area (Å²) in [5, 5.41) is 17.3. The Morgan fingerprint density at radius 1 is 1.43 bits per heavy atom. The lowest BCUT2D eigenvalue weighted by Crippen LogP contribution is -2.34. The minimum absolute atomic E-state index is 0.277. The van der Waals surface area contributed by atoms with Gasteiger partial charge in [0.15, 0.2) is 0 Å². The van der Waals surface area contributed by atoms with Crippen LogP contribution in [-0.4, -0.2) is 47.3 Å². The van der Waals surface area contributed by atoms with Crippen LogP contribution in [0.25, 0.3) is 0 Å². The van der Waals surface area contributed by atoms with Crippen LogP contribution in [0.5, 0.6) is 0 Å². The molecule has 0 radical (unpaired) electrons. The number of carbonyl (C=O) groups is 1. The number of aliphatic hydroxyl groups is 1. The van der Waals surface area contributed by atoms with E-state index in [1.807, 2.05) is 0 Å². The fourth-order valence-corrected chi connectivity index (χ4v) is 1.65. The number of nitrogens with zero attached hydrogens (tertiary/aromatic N) is 1. The first-order valence-corrected chi connectivity index (χ1v) is 4.95. The largest absolute Gasteiger partial charge is 0.478 e. The molecule has 1 fully saturated rings. The van der Waals surface area contributed by atoms with Crippen molar-refractivity contribution in [3.63, 3.8) is 0 Å². The number of hydrogen-bond acceptors (Lipinski definition) is 3. The molecule has 0 saturated carbocycles. The summed E-state index contributed by atoms with van der Waals surface area (Å²) in [4.78, 5) is 12.4. The van der Waals surface area contributed by atoms with E-state index in [1.165, 1.54) is 6.08 Å². The Bertz CT molecular complexity index is 207. The highest BCUT2D eigenvalue weighted by molar-refractivity contribution is 5.79. The Kier molecular flexibility index (Phi) is 4.62. The first-order chi connectivity index (χ1) is 6.72. The van der Waals surface area contributed by atoms with Crippen LogP contribution in [0.2, 0.25) is 0 Å². The maximum Gasteiger partial charge on any atom is 0.328 e. The smallest absolute Gasteiger partial charge is 0.328 e. The van der Waals surface area contributed by atoms with Crippen molar-refractivity contribution in [3.05, 3.63) is 12.2 Å². The Balaban J connectivity index is 2.19. The lowest BCUT2D eigenvalue weighted by atomic mass is 9.98. The molecule has 4 nitrogen and oxygen atoms in total. The van der Waals surface area contributed by atoms with Gasteiger partial charge in [0.2, 0.25) is 0 Å². The molecule has 14 heavy (non-hydrogen) atoms. The second-order valence-corrected chi connectivity index (χ2v) is 3.67. The van der Waals surface area contributed by atoms with Crippen LogP contribution in [-0.2, 0) is 4.79 Å². The number of hydrogen-bond donors (Lipinski definition) is 2. The van der Waals surface area contributed by atoms with Gasteiger partial charge >= 0.3 is 5.97 Å². The van der Waals surface area contributed by atoms with Crippen molar-refractivity contribution in [2.75, 3.05) is 26.2 Å². The van der Waals surface area contributed by atoms with E-state index in [0.29, 0.717) is 12.5 Å². The minimum atomic E-state index is -0.893. The van der Waals surface area contributed by atoms with Crippen molar-refractivity contribution in [2.45, 2.75) is 12.8 Å². The van der Waals surface area contributed by atoms with E-state index in [0.717, 1.165) is 25.9 Å². The van der Waals surface area contributed by atoms with Crippen LogP contribution in [0.15, 0.2) is 12.2 Å². The van der Waals surface area contributed by atoms with Crippen LogP contribution >= 0.6 is 0 Å². The van der Waals surface area contributed by atoms with E-state index in [2.05, 4.69) is 4.90 Å². The Morgan fingerprint density at radius 2 is 2.07 bits per heavy atom. The molecule has 1 aliphatic heterocycles. The van der Waals surface area contributed by atoms with E-state index >= 15 is 0 Å². The summed E-state index contributed by atoms with van der Waals surface area (Å²) >= 11 is 0. The van der Waals surface area contributed by atoms with E-state index in [4.69, 9.17) is 10.2 Å². The van der Waals surface area contributed by atoms with Gasteiger partial charge in [0.25, 0.3) is 0 Å². The molecule has 4 heteroatoms. The third-order valence-electron chi connectivity index (χ3n) is 2.59. The highest BCUT2D eigenvalue weighted by Gasteiger charge is 2.16. The van der Waals surface area contributed by atoms with Crippen LogP contribution < -0.4 is 0 Å². The number of carboxylic acid groups (broad SMARTS) is 1. The zero-order valence-electron chi connectivity index (χ0n) is 8.22. The second kappa shape index (κ2) is 5.78. The van der Waals surface area contributed by atoms with Gasteiger partial charge < -0.3 is 10.2 Å². The number of aliphatic hydroxyl groups excluding tert-OH is 1. The molecule has 0 aromatic rings. The van der Waals surface area contributed by atoms with E-state index in [1.54, 1.807) is 6.08 Å². The Hall–Kier alpha value is -0.870. The number of carboxylic acids is 1. The number of likely N-dealkylation sites (tertiary alicyclic amines) is 1. The molecule has 0 spiro atoms. The third-order valence-corrected chi connectivity index (χ3v) is 2.59. The highest BCUT2D eigenvalue weighted by atomic mass is 16.4. The molecule has 1 aliphatic rings. The van der Waals surface area contributed by atoms with Crippen molar-refractivity contribution in [3.8, 4) is 0 Å². The molecule has 0 unspecified atom stereocenters. The van der Waals surface area contributed by atoms with E-state index < -0.39 is 5.97 Å². The average molecular weight is 199 g/mol. The zero-order valence-corrected chi connectivity index (χ0v) is 8.22. The van der Waals surface area contributed by atoms with Crippen LogP contribution in [0.1, 0.15) is 12.8 Å². The van der Waals surface area contributed by atoms with Crippen molar-refractivity contribution >= 4 is 5.97 Å². The number of rotatable bonds is 4. The molecule has 0 bridgehead atoms. The van der Waals surface area contributed by atoms with Gasteiger partial charge in [0.1, 0.15) is 0 Å². The normalized spacial score (nSPS) is 20.4. The lowest BCUT2D eigenvalue weighted by Gasteiger charge is -2.29. The van der Waals surface area contributed by atoms with Gasteiger partial charge in [0.05, 0.1) is 0 Å². The lowest BCUT2D eigenvalue weighted by molar-refractivity contribution is -0.131. The fraction of sp³-hybridized carbons (Fsp3) is 0.700. The summed E-state index contributed by atoms with van der Waals surface area (Å²) in [5.41, 5.74) is 0. The molecule has 0 aromatic carbocycles. The molecule has 80 valence electrons. The standard InChI is InChI=1S/C10H17NO3/c12-8-9-3-6-11(7-4-9)5-1-2-10(13)14/h1-2,9,12H,3-8H2,(H,13,14). The van der Waals surface area contributed by atoms with Crippen LogP contribution in [0.3, 0.4) is 0 Å². The summed E-state index contributed by atoms with van der Waals surface area (Å²) in [5.74, 6) is -0.454. The van der Waals surface area contributed by atoms with Gasteiger partial charge in [-0.2, -0.15) is 0 Å². The summed E-state index contributed by atoms with van der Waals surface area (Å²) < 4.78 is 0. The maximum atomic E-state index is 10.2. The van der Waals surface area contributed by atoms with Gasteiger partial charge in [-0.15, -0.1) is 0 Å². The molecule has 0 aromatic heterocycles. The average Bonchev–Trinajstić information content (AvgIpc) is 2.18. The SMILES string of the molecule is O=C(O)C=CCN1CCC(CO)CC1. The molecule has 0 amide bonds. The molecule has 0 aliphatic carbocycles. The predicted molar refractivity (Wildman–Crippen MR) is 53.0 cm³/mol. The van der Waals surface area contributed by atoms with E-state index in [9.17, 15) is 4.79 Å². The van der Waals surface area contributed by atoms with Gasteiger partial charge in [-0.3, -0.25) is 4.90 Å². The van der Waals surface area contributed by atoms with E-state index in [-0.39, 0.29) is 6.61 Å². The molecule has 1 rings (SSSR count). The van der Waals surface area contributed by atoms with Crippen molar-refractivity contribution in [2.24, 2.45) is 5.92 Å². The Morgan fingerprint density at radius 3 is 2.57 bits per heavy atom. The highest BCUT2D eigenvalue weighted by Crippen LogP contribution is 2.15. The quantitative estimate of drug-likeness (QED) is 0.641. The predicted octanol–water partition coefficient (Wildman–Crippen LogP) is 0.331. The molecule has 1 heterocycles. The van der Waals surface area contributed by atoms with Gasteiger partial charge in [-0.25, -0.2) is 4.79 Å². The minimum Gasteiger partial charge on any atom is -0.478 e. The van der Waals surface area contributed by atoms with Crippen molar-refractivity contribution in [1.82, 2.24) is 4.90 Å². The molecular formula is C10H17NO3. The van der Waals surface area contributed by atoms with Crippen LogP contribution in [0.4, 0.5) is 0 Å². The first kappa shape index (κ1) is 11.2. The zero-order chi connectivity index (χ0) is 10.4. The second-order valence-electron chi connectivity index (χ2n) is 3.67. The molecule has 0 atom stereocenters. The summed E-state index contributed by atoms with van der Waals surface area (Å²) in [6, 6.07) is 0. The van der Waals surface area contributed by atoms with Gasteiger partial charge in [0, 0.05) is 19.2 Å². The molecule has 1 saturated heterocycles. The summed E-state index contributed by atoms with van der Waals surface area (Å²) in [6.07, 6.45) is 4.87. The first-order valence-electron chi connectivity index (χ1n) is 4.95. The number of piperidine rings is 1. The van der Waals surface area contributed by atoms with Crippen LogP contribution in [0, 0.1) is 5.92 Å². The Labute approximate surface area is 83.8 Å². The van der Waals surface area contributed by atoms with Crippen molar-refractivity contribution < 1.29 is 15.0 Å². The summed E-state index contributed by atoms with van der Waals surface area (Å²) in [7, 11) is 0. The third kappa shape index (κ3) is 3.89. The maximum absolute atomic E-state index is 10.2. The fourth-order valence-electron chi connectivity index (χ4n) is 1.65. The monoisotopic (exact) mass is 199 g/mol. The topological polar surface area (TPSA) is 60.8 Å².